The molecular formula is C51H42N2O15. The van der Waals surface area contributed by atoms with E-state index in [-0.39, 0.29) is 54.4 Å². The second-order valence-electron chi connectivity index (χ2n) is 17.0. The molecule has 0 bridgehead atoms. The highest BCUT2D eigenvalue weighted by atomic mass is 16.7. The van der Waals surface area contributed by atoms with Crippen LogP contribution in [0.4, 0.5) is 0 Å². The number of rotatable bonds is 11. The van der Waals surface area contributed by atoms with Crippen LogP contribution in [0.25, 0.3) is 22.3 Å². The van der Waals surface area contributed by atoms with Gasteiger partial charge in [0.2, 0.25) is 18.1 Å². The zero-order valence-electron chi connectivity index (χ0n) is 37.2. The quantitative estimate of drug-likeness (QED) is 0.104. The molecule has 2 aromatic heterocycles. The number of esters is 4. The molecule has 11 rings (SSSR count). The van der Waals surface area contributed by atoms with Gasteiger partial charge in [-0.05, 0) is 84.3 Å². The molecule has 68 heavy (non-hydrogen) atoms. The van der Waals surface area contributed by atoms with Crippen LogP contribution in [0.5, 0.6) is 34.5 Å². The number of carbonyl (C=O) groups is 4. The summed E-state index contributed by atoms with van der Waals surface area (Å²) >= 11 is 0. The third kappa shape index (κ3) is 6.66. The van der Waals surface area contributed by atoms with E-state index in [1.165, 1.54) is 45.6 Å². The predicted molar refractivity (Wildman–Crippen MR) is 237 cm³/mol. The Labute approximate surface area is 387 Å². The van der Waals surface area contributed by atoms with Crippen molar-refractivity contribution in [1.29, 1.82) is 0 Å². The van der Waals surface area contributed by atoms with Gasteiger partial charge in [0.1, 0.15) is 18.5 Å². The van der Waals surface area contributed by atoms with Gasteiger partial charge >= 0.3 is 23.9 Å². The minimum absolute atomic E-state index is 0.00694. The maximum Gasteiger partial charge on any atom is 0.355 e. The molecule has 0 radical (unpaired) electrons. The fourth-order valence-corrected chi connectivity index (χ4v) is 10.3. The van der Waals surface area contributed by atoms with Crippen LogP contribution in [0.1, 0.15) is 69.1 Å². The van der Waals surface area contributed by atoms with Crippen molar-refractivity contribution in [2.24, 2.45) is 11.8 Å². The van der Waals surface area contributed by atoms with Crippen molar-refractivity contribution in [3.8, 4) is 45.9 Å². The van der Waals surface area contributed by atoms with Crippen LogP contribution in [-0.4, -0.2) is 74.8 Å². The van der Waals surface area contributed by atoms with Gasteiger partial charge in [-0.25, -0.2) is 19.4 Å². The molecule has 0 N–H and O–H groups in total. The van der Waals surface area contributed by atoms with Crippen LogP contribution in [-0.2, 0) is 52.1 Å². The third-order valence-corrected chi connectivity index (χ3v) is 13.5. The third-order valence-electron chi connectivity index (χ3n) is 13.5. The van der Waals surface area contributed by atoms with E-state index < -0.39 is 59.9 Å². The summed E-state index contributed by atoms with van der Waals surface area (Å²) in [7, 11) is 4.52. The summed E-state index contributed by atoms with van der Waals surface area (Å²) in [6.07, 6.45) is -0.956. The van der Waals surface area contributed by atoms with Crippen LogP contribution in [0.3, 0.4) is 0 Å². The molecular weight excluding hydrogens is 881 g/mol. The Hall–Kier alpha value is -8.08. The molecule has 5 atom stereocenters. The van der Waals surface area contributed by atoms with Crippen molar-refractivity contribution in [2.75, 3.05) is 41.3 Å². The van der Waals surface area contributed by atoms with Crippen molar-refractivity contribution in [2.45, 2.75) is 44.1 Å². The molecule has 0 amide bonds. The average Bonchev–Trinajstić information content (AvgIpc) is 4.09. The van der Waals surface area contributed by atoms with E-state index in [1.807, 2.05) is 30.3 Å². The van der Waals surface area contributed by atoms with E-state index in [0.29, 0.717) is 63.4 Å². The first-order valence-corrected chi connectivity index (χ1v) is 21.9. The first kappa shape index (κ1) is 42.5. The molecule has 17 heteroatoms. The monoisotopic (exact) mass is 922 g/mol. The number of carbonyl (C=O) groups excluding carboxylic acids is 4. The summed E-state index contributed by atoms with van der Waals surface area (Å²) in [6, 6.07) is 24.4. The van der Waals surface area contributed by atoms with Crippen LogP contribution in [0.2, 0.25) is 0 Å². The maximum absolute atomic E-state index is 14.0. The van der Waals surface area contributed by atoms with E-state index in [0.717, 1.165) is 16.5 Å². The van der Waals surface area contributed by atoms with Gasteiger partial charge in [0.05, 0.1) is 68.4 Å². The first-order valence-electron chi connectivity index (χ1n) is 21.9. The standard InChI is InChI=1S/C51H42N2O15/c1-5-51(34-19-36-44-28(14-26-8-6-7-9-35(26)52-44)20-53(36)47(55)32(34)21-64-50(51)58)68-41(54)23-62-29-12-10-25(11-13-29)48(56)67-45-31-18-38-37(65-24-66-38)17-30(31)42(43-33(45)22-63-49(43)57)27-15-39(59-2)46(61-4)40(16-27)60-3/h6-19,33,42-43,45H,5,20-24H2,1-4H3/t33?,42?,43-,45-,51-/m0/s1. The Balaban J connectivity index is 0.825. The summed E-state index contributed by atoms with van der Waals surface area (Å²) < 4.78 is 59.1. The van der Waals surface area contributed by atoms with Crippen LogP contribution >= 0.6 is 0 Å². The van der Waals surface area contributed by atoms with Gasteiger partial charge < -0.3 is 51.9 Å². The smallest absolute Gasteiger partial charge is 0.355 e. The number of cyclic esters (lactones) is 2. The minimum atomic E-state index is -1.92. The van der Waals surface area contributed by atoms with Crippen molar-refractivity contribution in [3.05, 3.63) is 134 Å². The van der Waals surface area contributed by atoms with Crippen LogP contribution in [0, 0.1) is 11.8 Å². The van der Waals surface area contributed by atoms with Gasteiger partial charge in [0, 0.05) is 33.9 Å². The molecule has 1 aliphatic carbocycles. The number of para-hydroxylation sites is 1. The average molecular weight is 923 g/mol. The number of benzene rings is 4. The zero-order chi connectivity index (χ0) is 47.0. The maximum atomic E-state index is 14.0. The molecule has 346 valence electrons. The van der Waals surface area contributed by atoms with Gasteiger partial charge in [-0.2, -0.15) is 0 Å². The molecule has 1 fully saturated rings. The van der Waals surface area contributed by atoms with E-state index in [1.54, 1.807) is 41.8 Å². The highest BCUT2D eigenvalue weighted by Crippen LogP contribution is 2.57. The Kier molecular flexibility index (Phi) is 10.2. The van der Waals surface area contributed by atoms with E-state index in [4.69, 9.17) is 52.4 Å². The van der Waals surface area contributed by atoms with E-state index >= 15 is 0 Å². The molecule has 2 unspecified atom stereocenters. The van der Waals surface area contributed by atoms with Gasteiger partial charge in [0.15, 0.2) is 29.6 Å². The van der Waals surface area contributed by atoms with Crippen LogP contribution < -0.4 is 34.0 Å². The van der Waals surface area contributed by atoms with Crippen molar-refractivity contribution >= 4 is 34.8 Å². The van der Waals surface area contributed by atoms with Gasteiger partial charge in [-0.3, -0.25) is 9.59 Å². The molecule has 17 nitrogen and oxygen atoms in total. The van der Waals surface area contributed by atoms with E-state index in [2.05, 4.69) is 0 Å². The molecule has 6 aromatic rings. The van der Waals surface area contributed by atoms with Gasteiger partial charge in [-0.1, -0.05) is 25.1 Å². The summed E-state index contributed by atoms with van der Waals surface area (Å²) in [5.41, 5.74) is 3.02. The lowest BCUT2D eigenvalue weighted by atomic mass is 9.66. The Bertz CT molecular complexity index is 3160. The van der Waals surface area contributed by atoms with Gasteiger partial charge in [-0.15, -0.1) is 0 Å². The summed E-state index contributed by atoms with van der Waals surface area (Å²) in [6.45, 7) is 1.05. The fourth-order valence-electron chi connectivity index (χ4n) is 10.3. The lowest BCUT2D eigenvalue weighted by molar-refractivity contribution is -0.190. The Morgan fingerprint density at radius 3 is 2.29 bits per heavy atom. The molecule has 0 saturated carbocycles. The summed E-state index contributed by atoms with van der Waals surface area (Å²) in [5, 5.41) is 0.933. The summed E-state index contributed by atoms with van der Waals surface area (Å²) in [5.74, 6) is -2.48. The minimum Gasteiger partial charge on any atom is -0.493 e. The number of aromatic nitrogens is 2. The summed E-state index contributed by atoms with van der Waals surface area (Å²) in [4.78, 5) is 73.6. The van der Waals surface area contributed by atoms with E-state index in [9.17, 15) is 24.0 Å². The lowest BCUT2D eigenvalue weighted by Crippen LogP contribution is -2.48. The number of ether oxygens (including phenoxy) is 10. The zero-order valence-corrected chi connectivity index (χ0v) is 37.2. The number of methoxy groups -OCH3 is 3. The molecule has 5 aliphatic rings. The predicted octanol–water partition coefficient (Wildman–Crippen LogP) is 6.30. The lowest BCUT2D eigenvalue weighted by Gasteiger charge is -2.38. The number of hydrogen-bond donors (Lipinski definition) is 0. The van der Waals surface area contributed by atoms with Gasteiger partial charge in [0.25, 0.3) is 5.56 Å². The highest BCUT2D eigenvalue weighted by molar-refractivity contribution is 5.91. The topological polar surface area (TPSA) is 195 Å². The Morgan fingerprint density at radius 2 is 1.57 bits per heavy atom. The fraction of sp³-hybridized carbons (Fsp3) is 0.294. The number of nitrogens with zero attached hydrogens (tertiary/aromatic N) is 2. The molecule has 1 saturated heterocycles. The SMILES string of the molecule is CC[C@@]1(OC(=O)COc2ccc(C(=O)O[C@H]3c4cc5c(cc4C(c4cc(OC)c(OC)c(OC)c4)[C@H]4C(=O)OCC43)OCO5)cc2)C(=O)OCc2c1cc1n(c2=O)Cc2cc3ccccc3nc2-1. The normalized spacial score (nSPS) is 21.3. The Morgan fingerprint density at radius 1 is 0.838 bits per heavy atom. The molecule has 0 spiro atoms. The first-order chi connectivity index (χ1) is 33.0. The van der Waals surface area contributed by atoms with Crippen molar-refractivity contribution in [3.63, 3.8) is 0 Å². The largest absolute Gasteiger partial charge is 0.493 e. The number of pyridine rings is 2. The molecule has 6 heterocycles. The highest BCUT2D eigenvalue weighted by Gasteiger charge is 2.55. The molecule has 4 aliphatic heterocycles. The second kappa shape index (κ2) is 16.4. The van der Waals surface area contributed by atoms with Crippen molar-refractivity contribution in [1.82, 2.24) is 9.55 Å². The van der Waals surface area contributed by atoms with Crippen molar-refractivity contribution < 1.29 is 66.5 Å². The number of fused-ring (bicyclic) bond motifs is 8. The van der Waals surface area contributed by atoms with Crippen LogP contribution in [0.15, 0.2) is 89.7 Å². The second-order valence-corrected chi connectivity index (χ2v) is 17.0. The molecule has 4 aromatic carbocycles. The number of hydrogen-bond acceptors (Lipinski definition) is 16.